The summed E-state index contributed by atoms with van der Waals surface area (Å²) in [5.41, 5.74) is 1.22. The molecular weight excluding hydrogens is 324 g/mol. The lowest BCUT2D eigenvalue weighted by Crippen LogP contribution is -2.22. The molecule has 3 rings (SSSR count). The summed E-state index contributed by atoms with van der Waals surface area (Å²) in [5.74, 6) is 1.42. The van der Waals surface area contributed by atoms with Crippen molar-refractivity contribution in [2.75, 3.05) is 28.4 Å². The molecule has 2 aromatic rings. The molecule has 25 heavy (non-hydrogen) atoms. The van der Waals surface area contributed by atoms with Crippen molar-refractivity contribution in [1.82, 2.24) is 0 Å². The average molecular weight is 344 g/mol. The van der Waals surface area contributed by atoms with Gasteiger partial charge in [-0.1, -0.05) is 30.3 Å². The number of fused-ring (bicyclic) bond motifs is 1. The molecule has 0 aromatic heterocycles. The van der Waals surface area contributed by atoms with Gasteiger partial charge in [-0.25, -0.2) is 0 Å². The molecule has 1 aliphatic heterocycles. The first kappa shape index (κ1) is 17.0. The Labute approximate surface area is 146 Å². The number of benzene rings is 2. The molecule has 132 valence electrons. The van der Waals surface area contributed by atoms with Gasteiger partial charge in [0.15, 0.2) is 17.3 Å². The first-order valence-electron chi connectivity index (χ1n) is 7.80. The fraction of sp³-hybridized carbons (Fsp3) is 0.316. The van der Waals surface area contributed by atoms with Gasteiger partial charge in [-0.15, -0.1) is 0 Å². The third-order valence-electron chi connectivity index (χ3n) is 4.18. The van der Waals surface area contributed by atoms with E-state index in [0.29, 0.717) is 28.6 Å². The lowest BCUT2D eigenvalue weighted by atomic mass is 9.94. The highest BCUT2D eigenvalue weighted by atomic mass is 16.6. The smallest absolute Gasteiger partial charge is 0.211 e. The summed E-state index contributed by atoms with van der Waals surface area (Å²) in [4.78, 5) is 12.9. The fourth-order valence-corrected chi connectivity index (χ4v) is 3.06. The monoisotopic (exact) mass is 344 g/mol. The van der Waals surface area contributed by atoms with Crippen molar-refractivity contribution in [3.63, 3.8) is 0 Å². The van der Waals surface area contributed by atoms with Crippen molar-refractivity contribution >= 4 is 5.78 Å². The van der Waals surface area contributed by atoms with E-state index in [-0.39, 0.29) is 18.0 Å². The lowest BCUT2D eigenvalue weighted by Gasteiger charge is -2.29. The van der Waals surface area contributed by atoms with Crippen LogP contribution in [0.25, 0.3) is 0 Å². The summed E-state index contributed by atoms with van der Waals surface area (Å²) in [7, 11) is 5.93. The number of ketones is 1. The molecular formula is C19H20O6. The Morgan fingerprint density at radius 2 is 1.40 bits per heavy atom. The molecule has 2 aromatic carbocycles. The molecule has 0 saturated heterocycles. The Balaban J connectivity index is 2.21. The van der Waals surface area contributed by atoms with Crippen molar-refractivity contribution in [3.8, 4) is 28.7 Å². The lowest BCUT2D eigenvalue weighted by molar-refractivity contribution is 0.0833. The Morgan fingerprint density at radius 1 is 0.840 bits per heavy atom. The van der Waals surface area contributed by atoms with Gasteiger partial charge in [0, 0.05) is 0 Å². The van der Waals surface area contributed by atoms with Crippen molar-refractivity contribution < 1.29 is 28.5 Å². The van der Waals surface area contributed by atoms with Crippen LogP contribution in [0.5, 0.6) is 28.7 Å². The van der Waals surface area contributed by atoms with Crippen LogP contribution >= 0.6 is 0 Å². The van der Waals surface area contributed by atoms with Gasteiger partial charge in [-0.3, -0.25) is 4.79 Å². The molecule has 0 spiro atoms. The SMILES string of the molecule is COc1c(OC)c(OC)c2c(c1OC)OC(c1ccccc1)CC2=O. The van der Waals surface area contributed by atoms with Gasteiger partial charge in [0.05, 0.1) is 34.9 Å². The second-order valence-corrected chi connectivity index (χ2v) is 5.48. The Hall–Kier alpha value is -2.89. The number of hydrogen-bond donors (Lipinski definition) is 0. The number of ether oxygens (including phenoxy) is 5. The zero-order valence-corrected chi connectivity index (χ0v) is 14.6. The molecule has 1 heterocycles. The van der Waals surface area contributed by atoms with Crippen LogP contribution in [-0.2, 0) is 0 Å². The van der Waals surface area contributed by atoms with E-state index < -0.39 is 6.10 Å². The summed E-state index contributed by atoms with van der Waals surface area (Å²) in [5, 5.41) is 0. The van der Waals surface area contributed by atoms with Crippen LogP contribution in [0.2, 0.25) is 0 Å². The van der Waals surface area contributed by atoms with Crippen LogP contribution in [0.4, 0.5) is 0 Å². The van der Waals surface area contributed by atoms with Crippen LogP contribution in [-0.4, -0.2) is 34.2 Å². The maximum Gasteiger partial charge on any atom is 0.211 e. The molecule has 6 nitrogen and oxygen atoms in total. The maximum absolute atomic E-state index is 12.9. The summed E-state index contributed by atoms with van der Waals surface area (Å²) in [6.45, 7) is 0. The molecule has 0 saturated carbocycles. The van der Waals surface area contributed by atoms with Crippen LogP contribution in [0, 0.1) is 0 Å². The van der Waals surface area contributed by atoms with Gasteiger partial charge in [-0.05, 0) is 5.56 Å². The third kappa shape index (κ3) is 2.73. The van der Waals surface area contributed by atoms with Gasteiger partial charge < -0.3 is 23.7 Å². The van der Waals surface area contributed by atoms with E-state index in [9.17, 15) is 4.79 Å². The number of rotatable bonds is 5. The fourth-order valence-electron chi connectivity index (χ4n) is 3.06. The van der Waals surface area contributed by atoms with Gasteiger partial charge in [0.1, 0.15) is 11.7 Å². The van der Waals surface area contributed by atoms with Crippen molar-refractivity contribution in [3.05, 3.63) is 41.5 Å². The largest absolute Gasteiger partial charge is 0.492 e. The van der Waals surface area contributed by atoms with E-state index in [1.54, 1.807) is 0 Å². The van der Waals surface area contributed by atoms with Crippen molar-refractivity contribution in [1.29, 1.82) is 0 Å². The van der Waals surface area contributed by atoms with E-state index in [1.807, 2.05) is 30.3 Å². The predicted molar refractivity (Wildman–Crippen MR) is 91.4 cm³/mol. The minimum atomic E-state index is -0.405. The normalized spacial score (nSPS) is 15.8. The van der Waals surface area contributed by atoms with Crippen LogP contribution in [0.15, 0.2) is 30.3 Å². The maximum atomic E-state index is 12.9. The third-order valence-corrected chi connectivity index (χ3v) is 4.18. The highest BCUT2D eigenvalue weighted by Crippen LogP contribution is 2.56. The van der Waals surface area contributed by atoms with Gasteiger partial charge >= 0.3 is 0 Å². The highest BCUT2D eigenvalue weighted by Gasteiger charge is 2.38. The zero-order chi connectivity index (χ0) is 18.0. The number of carbonyl (C=O) groups is 1. The molecule has 0 aliphatic carbocycles. The van der Waals surface area contributed by atoms with E-state index in [2.05, 4.69) is 0 Å². The van der Waals surface area contributed by atoms with Crippen molar-refractivity contribution in [2.45, 2.75) is 12.5 Å². The summed E-state index contributed by atoms with van der Waals surface area (Å²) in [6, 6.07) is 9.58. The molecule has 1 aliphatic rings. The Bertz CT molecular complexity index is 784. The van der Waals surface area contributed by atoms with E-state index >= 15 is 0 Å². The van der Waals surface area contributed by atoms with Gasteiger partial charge in [0.25, 0.3) is 0 Å². The molecule has 0 bridgehead atoms. The molecule has 0 fully saturated rings. The number of Topliss-reactive ketones (excluding diaryl/α,β-unsaturated/α-hetero) is 1. The second kappa shape index (κ2) is 6.93. The van der Waals surface area contributed by atoms with E-state index in [4.69, 9.17) is 23.7 Å². The quantitative estimate of drug-likeness (QED) is 0.828. The van der Waals surface area contributed by atoms with Crippen LogP contribution < -0.4 is 23.7 Å². The van der Waals surface area contributed by atoms with E-state index in [0.717, 1.165) is 5.56 Å². The summed E-state index contributed by atoms with van der Waals surface area (Å²) < 4.78 is 27.8. The predicted octanol–water partition coefficient (Wildman–Crippen LogP) is 3.43. The first-order chi connectivity index (χ1) is 12.2. The topological polar surface area (TPSA) is 63.2 Å². The molecule has 0 N–H and O–H groups in total. The number of hydrogen-bond acceptors (Lipinski definition) is 6. The number of carbonyl (C=O) groups excluding carboxylic acids is 1. The van der Waals surface area contributed by atoms with Crippen LogP contribution in [0.1, 0.15) is 28.4 Å². The van der Waals surface area contributed by atoms with Crippen LogP contribution in [0.3, 0.4) is 0 Å². The Kier molecular flexibility index (Phi) is 4.70. The standard InChI is InChI=1S/C19H20O6/c1-21-15-14-12(20)10-13(11-8-6-5-7-9-11)25-16(14)18(23-3)19(24-4)17(15)22-2/h5-9,13H,10H2,1-4H3. The average Bonchev–Trinajstić information content (AvgIpc) is 2.66. The second-order valence-electron chi connectivity index (χ2n) is 5.48. The Morgan fingerprint density at radius 3 is 1.96 bits per heavy atom. The first-order valence-corrected chi connectivity index (χ1v) is 7.80. The summed E-state index contributed by atoms with van der Waals surface area (Å²) in [6.07, 6.45) is -0.204. The number of methoxy groups -OCH3 is 4. The molecule has 1 unspecified atom stereocenters. The van der Waals surface area contributed by atoms with Gasteiger partial charge in [-0.2, -0.15) is 0 Å². The zero-order valence-electron chi connectivity index (χ0n) is 14.6. The molecule has 0 amide bonds. The minimum Gasteiger partial charge on any atom is -0.492 e. The molecule has 1 atom stereocenters. The highest BCUT2D eigenvalue weighted by molar-refractivity contribution is 6.05. The molecule has 0 radical (unpaired) electrons. The van der Waals surface area contributed by atoms with Crippen molar-refractivity contribution in [2.24, 2.45) is 0 Å². The van der Waals surface area contributed by atoms with E-state index in [1.165, 1.54) is 28.4 Å². The molecule has 6 heteroatoms. The minimum absolute atomic E-state index is 0.105. The summed E-state index contributed by atoms with van der Waals surface area (Å²) >= 11 is 0. The van der Waals surface area contributed by atoms with Gasteiger partial charge in [0.2, 0.25) is 17.2 Å².